The third-order valence-corrected chi connectivity index (χ3v) is 3.96. The molecule has 1 fully saturated rings. The highest BCUT2D eigenvalue weighted by Crippen LogP contribution is 2.31. The number of urea groups is 1. The molecule has 8 heteroatoms. The zero-order valence-corrected chi connectivity index (χ0v) is 13.6. The second-order valence-corrected chi connectivity index (χ2v) is 5.46. The summed E-state index contributed by atoms with van der Waals surface area (Å²) in [5, 5.41) is 6.35. The van der Waals surface area contributed by atoms with E-state index in [0.717, 1.165) is 37.6 Å². The molecule has 3 N–H and O–H groups in total. The number of carbonyl (C=O) groups is 1. The van der Waals surface area contributed by atoms with Gasteiger partial charge in [0.05, 0.1) is 17.6 Å². The zero-order chi connectivity index (χ0) is 16.9. The van der Waals surface area contributed by atoms with Crippen LogP contribution in [0.15, 0.2) is 42.9 Å². The molecule has 1 aromatic heterocycles. The maximum atomic E-state index is 12.2. The van der Waals surface area contributed by atoms with Gasteiger partial charge in [0.1, 0.15) is 0 Å². The number of carbonyl (C=O) groups excluding carboxylic acids is 1. The van der Waals surface area contributed by atoms with Crippen molar-refractivity contribution in [3.8, 4) is 0 Å². The summed E-state index contributed by atoms with van der Waals surface area (Å²) in [5.74, 6) is 0.534. The number of hydrogen-bond donors (Lipinski definition) is 2. The van der Waals surface area contributed by atoms with Crippen LogP contribution in [0.25, 0.3) is 0 Å². The first-order valence-corrected chi connectivity index (χ1v) is 7.82. The summed E-state index contributed by atoms with van der Waals surface area (Å²) in [7, 11) is 1.74. The number of anilines is 3. The van der Waals surface area contributed by atoms with Crippen molar-refractivity contribution in [3.63, 3.8) is 0 Å². The van der Waals surface area contributed by atoms with Crippen LogP contribution >= 0.6 is 0 Å². The fourth-order valence-corrected chi connectivity index (χ4v) is 2.81. The molecule has 2 amide bonds. The van der Waals surface area contributed by atoms with Crippen molar-refractivity contribution in [2.45, 2.75) is 0 Å². The Hall–Kier alpha value is -2.87. The molecular formula is C16H21N7O. The van der Waals surface area contributed by atoms with Gasteiger partial charge in [0, 0.05) is 45.6 Å². The average molecular weight is 327 g/mol. The van der Waals surface area contributed by atoms with Crippen LogP contribution in [0.3, 0.4) is 0 Å². The molecule has 0 radical (unpaired) electrons. The van der Waals surface area contributed by atoms with Crippen molar-refractivity contribution in [1.82, 2.24) is 15.3 Å². The van der Waals surface area contributed by atoms with Crippen molar-refractivity contribution in [1.29, 1.82) is 0 Å². The molecule has 0 spiro atoms. The number of hydrogen-bond acceptors (Lipinski definition) is 6. The topological polar surface area (TPSA) is 90.6 Å². The number of hydrazine groups is 1. The summed E-state index contributed by atoms with van der Waals surface area (Å²) in [6.45, 7) is 3.56. The zero-order valence-electron chi connectivity index (χ0n) is 13.6. The van der Waals surface area contributed by atoms with E-state index in [9.17, 15) is 4.79 Å². The van der Waals surface area contributed by atoms with Crippen molar-refractivity contribution in [2.75, 3.05) is 48.1 Å². The molecule has 0 saturated carbocycles. The van der Waals surface area contributed by atoms with E-state index in [4.69, 9.17) is 5.73 Å². The summed E-state index contributed by atoms with van der Waals surface area (Å²) in [4.78, 5) is 22.7. The van der Waals surface area contributed by atoms with Gasteiger partial charge in [-0.05, 0) is 12.1 Å². The number of piperazine rings is 1. The summed E-state index contributed by atoms with van der Waals surface area (Å²) in [6.07, 6.45) is 4.75. The average Bonchev–Trinajstić information content (AvgIpc) is 2.63. The molecule has 8 nitrogen and oxygen atoms in total. The van der Waals surface area contributed by atoms with Gasteiger partial charge in [0.2, 0.25) is 0 Å². The number of benzene rings is 1. The maximum absolute atomic E-state index is 12.2. The Morgan fingerprint density at radius 2 is 2.00 bits per heavy atom. The van der Waals surface area contributed by atoms with E-state index < -0.39 is 6.03 Å². The Morgan fingerprint density at radius 3 is 2.67 bits per heavy atom. The Balaban J connectivity index is 1.99. The van der Waals surface area contributed by atoms with E-state index in [1.165, 1.54) is 5.01 Å². The summed E-state index contributed by atoms with van der Waals surface area (Å²) < 4.78 is 0. The lowest BCUT2D eigenvalue weighted by molar-refractivity contribution is 0.253. The van der Waals surface area contributed by atoms with Gasteiger partial charge in [-0.1, -0.05) is 12.1 Å². The van der Waals surface area contributed by atoms with Crippen LogP contribution < -0.4 is 26.0 Å². The van der Waals surface area contributed by atoms with E-state index in [0.29, 0.717) is 5.82 Å². The van der Waals surface area contributed by atoms with Crippen LogP contribution in [0.2, 0.25) is 0 Å². The van der Waals surface area contributed by atoms with Gasteiger partial charge in [-0.15, -0.1) is 0 Å². The van der Waals surface area contributed by atoms with Gasteiger partial charge in [-0.3, -0.25) is 9.99 Å². The predicted octanol–water partition coefficient (Wildman–Crippen LogP) is 0.823. The Bertz CT molecular complexity index is 688. The first-order chi connectivity index (χ1) is 11.7. The number of primary amides is 1. The smallest absolute Gasteiger partial charge is 0.338 e. The first kappa shape index (κ1) is 16.0. The molecule has 0 aliphatic carbocycles. The van der Waals surface area contributed by atoms with Gasteiger partial charge < -0.3 is 16.0 Å². The van der Waals surface area contributed by atoms with E-state index in [1.54, 1.807) is 30.6 Å². The van der Waals surface area contributed by atoms with Gasteiger partial charge in [-0.25, -0.2) is 9.78 Å². The number of aromatic nitrogens is 2. The van der Waals surface area contributed by atoms with Crippen LogP contribution in [0.1, 0.15) is 0 Å². The molecule has 1 saturated heterocycles. The van der Waals surface area contributed by atoms with Crippen LogP contribution in [0.4, 0.5) is 22.0 Å². The number of amides is 2. The van der Waals surface area contributed by atoms with Crippen LogP contribution in [0.5, 0.6) is 0 Å². The molecule has 2 aromatic rings. The highest BCUT2D eigenvalue weighted by Gasteiger charge is 2.24. The van der Waals surface area contributed by atoms with Crippen LogP contribution in [-0.4, -0.2) is 49.2 Å². The predicted molar refractivity (Wildman–Crippen MR) is 94.0 cm³/mol. The Morgan fingerprint density at radius 1 is 1.25 bits per heavy atom. The van der Waals surface area contributed by atoms with Gasteiger partial charge in [0.15, 0.2) is 5.82 Å². The molecule has 0 atom stereocenters. The standard InChI is InChI=1S/C16H21N7O/c1-21(15-12-19-6-7-20-15)23(16(17)24)14-5-3-2-4-13(14)22-10-8-18-9-11-22/h2-7,12,18H,8-11H2,1H3,(H2,17,24). The quantitative estimate of drug-likeness (QED) is 0.808. The molecule has 126 valence electrons. The summed E-state index contributed by atoms with van der Waals surface area (Å²) in [6, 6.07) is 7.16. The van der Waals surface area contributed by atoms with E-state index in [-0.39, 0.29) is 0 Å². The largest absolute Gasteiger partial charge is 0.367 e. The molecule has 0 bridgehead atoms. The Labute approximate surface area is 140 Å². The third-order valence-electron chi connectivity index (χ3n) is 3.96. The minimum Gasteiger partial charge on any atom is -0.367 e. The fourth-order valence-electron chi connectivity index (χ4n) is 2.81. The van der Waals surface area contributed by atoms with E-state index >= 15 is 0 Å². The molecule has 0 unspecified atom stereocenters. The number of para-hydroxylation sites is 2. The lowest BCUT2D eigenvalue weighted by Gasteiger charge is -2.36. The van der Waals surface area contributed by atoms with Crippen molar-refractivity contribution >= 4 is 23.2 Å². The molecule has 24 heavy (non-hydrogen) atoms. The highest BCUT2D eigenvalue weighted by molar-refractivity contribution is 5.96. The van der Waals surface area contributed by atoms with Crippen LogP contribution in [-0.2, 0) is 0 Å². The number of nitrogens with zero attached hydrogens (tertiary/aromatic N) is 5. The van der Waals surface area contributed by atoms with Crippen molar-refractivity contribution in [2.24, 2.45) is 5.73 Å². The van der Waals surface area contributed by atoms with Gasteiger partial charge in [0.25, 0.3) is 0 Å². The van der Waals surface area contributed by atoms with E-state index in [2.05, 4.69) is 20.2 Å². The second-order valence-electron chi connectivity index (χ2n) is 5.46. The molecule has 1 aliphatic heterocycles. The Kier molecular flexibility index (Phi) is 4.76. The number of nitrogens with one attached hydrogen (secondary N) is 1. The minimum absolute atomic E-state index is 0.534. The summed E-state index contributed by atoms with van der Waals surface area (Å²) in [5.41, 5.74) is 7.36. The lowest BCUT2D eigenvalue weighted by atomic mass is 10.2. The van der Waals surface area contributed by atoms with Gasteiger partial charge >= 0.3 is 6.03 Å². The summed E-state index contributed by atoms with van der Waals surface area (Å²) >= 11 is 0. The van der Waals surface area contributed by atoms with E-state index in [1.807, 2.05) is 24.3 Å². The SMILES string of the molecule is CN(c1cnccn1)N(C(N)=O)c1ccccc1N1CCNCC1. The third kappa shape index (κ3) is 3.23. The molecule has 1 aliphatic rings. The molecule has 1 aromatic carbocycles. The first-order valence-electron chi connectivity index (χ1n) is 7.82. The normalized spacial score (nSPS) is 14.3. The van der Waals surface area contributed by atoms with Gasteiger partial charge in [-0.2, -0.15) is 5.01 Å². The van der Waals surface area contributed by atoms with Crippen molar-refractivity contribution in [3.05, 3.63) is 42.9 Å². The monoisotopic (exact) mass is 327 g/mol. The molecule has 3 rings (SSSR count). The molecule has 2 heterocycles. The molecular weight excluding hydrogens is 306 g/mol. The fraction of sp³-hybridized carbons (Fsp3) is 0.312. The maximum Gasteiger partial charge on any atom is 0.338 e. The number of rotatable bonds is 4. The lowest BCUT2D eigenvalue weighted by Crippen LogP contribution is -2.50. The highest BCUT2D eigenvalue weighted by atomic mass is 16.2. The van der Waals surface area contributed by atoms with Crippen LogP contribution in [0, 0.1) is 0 Å². The number of nitrogens with two attached hydrogens (primary N) is 1. The minimum atomic E-state index is -0.578. The van der Waals surface area contributed by atoms with Crippen molar-refractivity contribution < 1.29 is 4.79 Å². The second kappa shape index (κ2) is 7.14.